The minimum Gasteiger partial charge on any atom is -0.265 e. The van der Waals surface area contributed by atoms with E-state index in [1.807, 2.05) is 12.1 Å². The Labute approximate surface area is 97.5 Å². The number of rotatable bonds is 2. The molecule has 0 atom stereocenters. The molecule has 0 saturated heterocycles. The van der Waals surface area contributed by atoms with Crippen LogP contribution in [-0.4, -0.2) is 10.1 Å². The molecule has 0 N–H and O–H groups in total. The van der Waals surface area contributed by atoms with Crippen molar-refractivity contribution >= 4 is 23.1 Å². The van der Waals surface area contributed by atoms with E-state index in [1.165, 1.54) is 6.07 Å². The van der Waals surface area contributed by atoms with Crippen molar-refractivity contribution in [1.82, 2.24) is 4.98 Å². The highest BCUT2D eigenvalue weighted by Crippen LogP contribution is 2.24. The number of benzene rings is 1. The zero-order chi connectivity index (χ0) is 11.4. The fraction of sp³-hybridized carbons (Fsp3) is 0. The molecule has 0 radical (unpaired) electrons. The van der Waals surface area contributed by atoms with Gasteiger partial charge >= 0.3 is 0 Å². The van der Waals surface area contributed by atoms with Gasteiger partial charge in [0, 0.05) is 12.4 Å². The van der Waals surface area contributed by atoms with E-state index in [4.69, 9.17) is 0 Å². The molecule has 0 bridgehead atoms. The minimum absolute atomic E-state index is 0.202. The molecule has 0 aliphatic heterocycles. The lowest BCUT2D eigenvalue weighted by molar-refractivity contribution is 0.630. The molecular formula is C12H7FN2S. The van der Waals surface area contributed by atoms with Gasteiger partial charge in [0.2, 0.25) is 0 Å². The quantitative estimate of drug-likeness (QED) is 0.581. The first-order valence-electron chi connectivity index (χ1n) is 4.59. The van der Waals surface area contributed by atoms with Crippen LogP contribution < -0.4 is 0 Å². The number of nitrogens with zero attached hydrogens (tertiary/aromatic N) is 2. The lowest BCUT2D eigenvalue weighted by Crippen LogP contribution is -1.81. The molecule has 4 heteroatoms. The Hall–Kier alpha value is -1.90. The lowest BCUT2D eigenvalue weighted by atomic mass is 10.1. The van der Waals surface area contributed by atoms with Gasteiger partial charge in [-0.3, -0.25) is 4.98 Å². The van der Waals surface area contributed by atoms with Crippen molar-refractivity contribution < 1.29 is 4.39 Å². The molecule has 0 amide bonds. The third-order valence-electron chi connectivity index (χ3n) is 2.13. The number of pyridine rings is 1. The molecule has 2 rings (SSSR count). The summed E-state index contributed by atoms with van der Waals surface area (Å²) in [6.45, 7) is 0. The maximum Gasteiger partial charge on any atom is 0.150 e. The van der Waals surface area contributed by atoms with Gasteiger partial charge < -0.3 is 0 Å². The number of halogens is 1. The van der Waals surface area contributed by atoms with Gasteiger partial charge in [0.05, 0.1) is 5.16 Å². The Bertz CT molecular complexity index is 548. The highest BCUT2D eigenvalue weighted by Gasteiger charge is 2.03. The van der Waals surface area contributed by atoms with Gasteiger partial charge in [-0.2, -0.15) is 4.99 Å². The topological polar surface area (TPSA) is 25.2 Å². The van der Waals surface area contributed by atoms with E-state index in [1.54, 1.807) is 24.5 Å². The Morgan fingerprint density at radius 1 is 1.12 bits per heavy atom. The van der Waals surface area contributed by atoms with Gasteiger partial charge in [0.25, 0.3) is 0 Å². The average molecular weight is 230 g/mol. The van der Waals surface area contributed by atoms with Crippen LogP contribution in [0.25, 0.3) is 11.1 Å². The third-order valence-corrected chi connectivity index (χ3v) is 2.22. The molecule has 78 valence electrons. The Morgan fingerprint density at radius 2 is 1.88 bits per heavy atom. The van der Waals surface area contributed by atoms with Crippen LogP contribution in [0, 0.1) is 5.82 Å². The predicted octanol–water partition coefficient (Wildman–Crippen LogP) is 3.62. The molecule has 1 heterocycles. The van der Waals surface area contributed by atoms with Crippen molar-refractivity contribution in [3.8, 4) is 11.1 Å². The molecule has 0 aliphatic carbocycles. The molecule has 2 aromatic rings. The van der Waals surface area contributed by atoms with Crippen LogP contribution in [0.15, 0.2) is 47.7 Å². The SMILES string of the molecule is Fc1cc(-c2ccncc2)ccc1N=C=S. The summed E-state index contributed by atoms with van der Waals surface area (Å²) in [7, 11) is 0. The molecule has 0 unspecified atom stereocenters. The molecule has 0 saturated carbocycles. The third kappa shape index (κ3) is 2.19. The number of hydrogen-bond donors (Lipinski definition) is 0. The van der Waals surface area contributed by atoms with Crippen molar-refractivity contribution in [2.45, 2.75) is 0 Å². The van der Waals surface area contributed by atoms with Crippen LogP contribution in [0.2, 0.25) is 0 Å². The van der Waals surface area contributed by atoms with Gasteiger partial charge in [-0.25, -0.2) is 4.39 Å². The first kappa shape index (κ1) is 10.6. The summed E-state index contributed by atoms with van der Waals surface area (Å²) in [4.78, 5) is 7.52. The van der Waals surface area contributed by atoms with E-state index >= 15 is 0 Å². The maximum absolute atomic E-state index is 13.5. The van der Waals surface area contributed by atoms with E-state index in [2.05, 4.69) is 27.4 Å². The van der Waals surface area contributed by atoms with Crippen LogP contribution in [0.1, 0.15) is 0 Å². The summed E-state index contributed by atoms with van der Waals surface area (Å²) in [6.07, 6.45) is 3.33. The fourth-order valence-corrected chi connectivity index (χ4v) is 1.47. The highest BCUT2D eigenvalue weighted by atomic mass is 32.1. The van der Waals surface area contributed by atoms with Gasteiger partial charge in [-0.05, 0) is 47.6 Å². The summed E-state index contributed by atoms with van der Waals surface area (Å²) in [5.41, 5.74) is 1.89. The van der Waals surface area contributed by atoms with E-state index < -0.39 is 5.82 Å². The smallest absolute Gasteiger partial charge is 0.150 e. The normalized spacial score (nSPS) is 9.56. The van der Waals surface area contributed by atoms with E-state index in [0.717, 1.165) is 11.1 Å². The van der Waals surface area contributed by atoms with Crippen molar-refractivity contribution in [1.29, 1.82) is 0 Å². The van der Waals surface area contributed by atoms with Gasteiger partial charge in [-0.1, -0.05) is 6.07 Å². The van der Waals surface area contributed by atoms with Crippen molar-refractivity contribution in [3.05, 3.63) is 48.5 Å². The van der Waals surface area contributed by atoms with Crippen LogP contribution in [-0.2, 0) is 0 Å². The Kier molecular flexibility index (Phi) is 3.15. The van der Waals surface area contributed by atoms with E-state index in [0.29, 0.717) is 0 Å². The maximum atomic E-state index is 13.5. The van der Waals surface area contributed by atoms with Gasteiger partial charge in [0.1, 0.15) is 11.5 Å². The second-order valence-corrected chi connectivity index (χ2v) is 3.29. The Balaban J connectivity index is 2.46. The summed E-state index contributed by atoms with van der Waals surface area (Å²) < 4.78 is 13.5. The van der Waals surface area contributed by atoms with Crippen LogP contribution >= 0.6 is 12.2 Å². The number of aromatic nitrogens is 1. The molecule has 16 heavy (non-hydrogen) atoms. The predicted molar refractivity (Wildman–Crippen MR) is 64.3 cm³/mol. The molecule has 2 nitrogen and oxygen atoms in total. The molecule has 1 aromatic heterocycles. The minimum atomic E-state index is -0.410. The lowest BCUT2D eigenvalue weighted by Gasteiger charge is -2.02. The van der Waals surface area contributed by atoms with E-state index in [9.17, 15) is 4.39 Å². The summed E-state index contributed by atoms with van der Waals surface area (Å²) >= 11 is 4.43. The van der Waals surface area contributed by atoms with Crippen LogP contribution in [0.3, 0.4) is 0 Å². The monoisotopic (exact) mass is 230 g/mol. The van der Waals surface area contributed by atoms with Gasteiger partial charge in [-0.15, -0.1) is 0 Å². The van der Waals surface area contributed by atoms with Crippen molar-refractivity contribution in [2.24, 2.45) is 4.99 Å². The Morgan fingerprint density at radius 3 is 2.50 bits per heavy atom. The second-order valence-electron chi connectivity index (χ2n) is 3.11. The van der Waals surface area contributed by atoms with E-state index in [-0.39, 0.29) is 5.69 Å². The van der Waals surface area contributed by atoms with Crippen molar-refractivity contribution in [2.75, 3.05) is 0 Å². The summed E-state index contributed by atoms with van der Waals surface area (Å²) in [5.74, 6) is -0.410. The zero-order valence-corrected chi connectivity index (χ0v) is 9.04. The molecular weight excluding hydrogens is 223 g/mol. The highest BCUT2D eigenvalue weighted by molar-refractivity contribution is 7.78. The zero-order valence-electron chi connectivity index (χ0n) is 8.22. The number of isothiocyanates is 1. The number of thiocarbonyl (C=S) groups is 1. The molecule has 0 spiro atoms. The summed E-state index contributed by atoms with van der Waals surface area (Å²) in [5, 5.41) is 2.14. The number of hydrogen-bond acceptors (Lipinski definition) is 3. The first-order valence-corrected chi connectivity index (χ1v) is 5.00. The van der Waals surface area contributed by atoms with Gasteiger partial charge in [0.15, 0.2) is 0 Å². The van der Waals surface area contributed by atoms with Crippen molar-refractivity contribution in [3.63, 3.8) is 0 Å². The molecule has 0 aliphatic rings. The van der Waals surface area contributed by atoms with Crippen LogP contribution in [0.5, 0.6) is 0 Å². The molecule has 1 aromatic carbocycles. The first-order chi connectivity index (χ1) is 7.81. The largest absolute Gasteiger partial charge is 0.265 e. The van der Waals surface area contributed by atoms with Crippen LogP contribution in [0.4, 0.5) is 10.1 Å². The second kappa shape index (κ2) is 4.75. The average Bonchev–Trinajstić information content (AvgIpc) is 2.33. The molecule has 0 fully saturated rings. The standard InChI is InChI=1S/C12H7FN2S/c13-11-7-10(1-2-12(11)15-8-16)9-3-5-14-6-4-9/h1-7H. The number of aliphatic imine (C=N–C) groups is 1. The summed E-state index contributed by atoms with van der Waals surface area (Å²) in [6, 6.07) is 8.41. The fourth-order valence-electron chi connectivity index (χ4n) is 1.37.